The van der Waals surface area contributed by atoms with E-state index in [1.165, 1.54) is 11.8 Å². The Bertz CT molecular complexity index is 909. The van der Waals surface area contributed by atoms with E-state index in [9.17, 15) is 23.2 Å². The predicted molar refractivity (Wildman–Crippen MR) is 114 cm³/mol. The maximum atomic E-state index is 13.6. The molecule has 2 N–H and O–H groups in total. The van der Waals surface area contributed by atoms with Gasteiger partial charge in [-0.1, -0.05) is 18.2 Å². The van der Waals surface area contributed by atoms with E-state index in [0.29, 0.717) is 15.8 Å². The molecule has 0 bridgehead atoms. The van der Waals surface area contributed by atoms with Crippen molar-refractivity contribution in [2.45, 2.75) is 12.5 Å². The molecule has 0 fully saturated rings. The van der Waals surface area contributed by atoms with Gasteiger partial charge in [0.05, 0.1) is 5.56 Å². The first kappa shape index (κ1) is 23.8. The molecule has 0 radical (unpaired) electrons. The maximum Gasteiger partial charge on any atom is 0.329 e. The molecule has 0 aliphatic heterocycles. The largest absolute Gasteiger partial charge is 0.454 e. The average Bonchev–Trinajstić information content (AvgIpc) is 2.72. The second-order valence-electron chi connectivity index (χ2n) is 6.04. The van der Waals surface area contributed by atoms with Crippen LogP contribution in [0, 0.1) is 11.6 Å². The molecule has 2 aromatic rings. The van der Waals surface area contributed by atoms with E-state index in [1.54, 1.807) is 24.3 Å². The molecule has 0 saturated carbocycles. The molecule has 30 heavy (non-hydrogen) atoms. The van der Waals surface area contributed by atoms with Gasteiger partial charge in [0.15, 0.2) is 6.61 Å². The SMILES string of the molecule is CSCC[C@@H](NC(=O)c1ccccc1Br)C(=O)OCC(=O)Nc1c(F)cccc1F. The third kappa shape index (κ3) is 6.81. The number of hydrogen-bond acceptors (Lipinski definition) is 5. The highest BCUT2D eigenvalue weighted by molar-refractivity contribution is 9.10. The van der Waals surface area contributed by atoms with Crippen LogP contribution in [0.5, 0.6) is 0 Å². The molecule has 2 amide bonds. The first-order valence-corrected chi connectivity index (χ1v) is 11.0. The van der Waals surface area contributed by atoms with E-state index in [4.69, 9.17) is 4.74 Å². The van der Waals surface area contributed by atoms with Crippen LogP contribution in [0.4, 0.5) is 14.5 Å². The van der Waals surface area contributed by atoms with E-state index in [2.05, 4.69) is 21.2 Å². The van der Waals surface area contributed by atoms with Crippen LogP contribution in [0.2, 0.25) is 0 Å². The van der Waals surface area contributed by atoms with Crippen LogP contribution in [0.15, 0.2) is 46.9 Å². The summed E-state index contributed by atoms with van der Waals surface area (Å²) in [5, 5.41) is 4.62. The summed E-state index contributed by atoms with van der Waals surface area (Å²) in [6.45, 7) is -0.757. The first-order valence-electron chi connectivity index (χ1n) is 8.78. The number of benzene rings is 2. The highest BCUT2D eigenvalue weighted by Gasteiger charge is 2.24. The first-order chi connectivity index (χ1) is 14.3. The summed E-state index contributed by atoms with van der Waals surface area (Å²) in [4.78, 5) is 36.8. The van der Waals surface area contributed by atoms with Gasteiger partial charge in [0, 0.05) is 4.47 Å². The molecule has 0 aliphatic rings. The van der Waals surface area contributed by atoms with Crippen molar-refractivity contribution in [2.75, 3.05) is 23.9 Å². The Balaban J connectivity index is 1.98. The summed E-state index contributed by atoms with van der Waals surface area (Å²) >= 11 is 4.75. The number of esters is 1. The number of hydrogen-bond donors (Lipinski definition) is 2. The van der Waals surface area contributed by atoms with E-state index in [-0.39, 0.29) is 6.42 Å². The molecule has 0 aromatic heterocycles. The smallest absolute Gasteiger partial charge is 0.329 e. The predicted octanol–water partition coefficient (Wildman–Crippen LogP) is 3.76. The molecule has 1 atom stereocenters. The Kier molecular flexibility index (Phi) is 9.25. The average molecular weight is 501 g/mol. The Hall–Kier alpha value is -2.46. The number of amides is 2. The van der Waals surface area contributed by atoms with Crippen molar-refractivity contribution in [3.05, 3.63) is 64.1 Å². The molecule has 2 rings (SSSR count). The van der Waals surface area contributed by atoms with Crippen LogP contribution in [0.3, 0.4) is 0 Å². The molecular weight excluding hydrogens is 482 g/mol. The number of anilines is 1. The summed E-state index contributed by atoms with van der Waals surface area (Å²) in [5.74, 6) is -3.56. The molecule has 0 saturated heterocycles. The summed E-state index contributed by atoms with van der Waals surface area (Å²) < 4.78 is 32.7. The number of carbonyl (C=O) groups is 3. The van der Waals surface area contributed by atoms with Crippen molar-refractivity contribution in [2.24, 2.45) is 0 Å². The number of para-hydroxylation sites is 1. The monoisotopic (exact) mass is 500 g/mol. The molecule has 0 spiro atoms. The van der Waals surface area contributed by atoms with Gasteiger partial charge in [0.1, 0.15) is 23.4 Å². The number of nitrogens with one attached hydrogen (secondary N) is 2. The fourth-order valence-electron chi connectivity index (χ4n) is 2.40. The normalized spacial score (nSPS) is 11.5. The standard InChI is InChI=1S/C20H19BrF2N2O4S/c1-30-10-9-16(24-19(27)12-5-2-3-6-13(12)21)20(28)29-11-17(26)25-18-14(22)7-4-8-15(18)23/h2-8,16H,9-11H2,1H3,(H,24,27)(H,25,26)/t16-/m1/s1. The minimum Gasteiger partial charge on any atom is -0.454 e. The lowest BCUT2D eigenvalue weighted by Crippen LogP contribution is -2.43. The highest BCUT2D eigenvalue weighted by Crippen LogP contribution is 2.18. The zero-order valence-corrected chi connectivity index (χ0v) is 18.3. The zero-order chi connectivity index (χ0) is 22.1. The quantitative estimate of drug-likeness (QED) is 0.512. The number of halogens is 3. The topological polar surface area (TPSA) is 84.5 Å². The van der Waals surface area contributed by atoms with Crippen LogP contribution < -0.4 is 10.6 Å². The van der Waals surface area contributed by atoms with Crippen molar-refractivity contribution in [1.82, 2.24) is 5.32 Å². The third-order valence-corrected chi connectivity index (χ3v) is 5.23. The van der Waals surface area contributed by atoms with E-state index in [1.807, 2.05) is 11.6 Å². The van der Waals surface area contributed by atoms with Crippen LogP contribution in [-0.4, -0.2) is 42.4 Å². The molecule has 10 heteroatoms. The Morgan fingerprint density at radius 3 is 2.40 bits per heavy atom. The summed E-state index contributed by atoms with van der Waals surface area (Å²) in [6.07, 6.45) is 2.12. The number of rotatable bonds is 9. The second-order valence-corrected chi connectivity index (χ2v) is 7.88. The van der Waals surface area contributed by atoms with Crippen molar-refractivity contribution in [3.63, 3.8) is 0 Å². The van der Waals surface area contributed by atoms with Gasteiger partial charge in [-0.15, -0.1) is 0 Å². The molecule has 0 aliphatic carbocycles. The van der Waals surface area contributed by atoms with Crippen molar-refractivity contribution in [3.8, 4) is 0 Å². The lowest BCUT2D eigenvalue weighted by Gasteiger charge is -2.18. The van der Waals surface area contributed by atoms with Gasteiger partial charge in [0.2, 0.25) is 0 Å². The van der Waals surface area contributed by atoms with Gasteiger partial charge < -0.3 is 15.4 Å². The Morgan fingerprint density at radius 2 is 1.77 bits per heavy atom. The van der Waals surface area contributed by atoms with Gasteiger partial charge in [-0.25, -0.2) is 13.6 Å². The highest BCUT2D eigenvalue weighted by atomic mass is 79.9. The van der Waals surface area contributed by atoms with Crippen molar-refractivity contribution >= 4 is 51.2 Å². The third-order valence-electron chi connectivity index (χ3n) is 3.89. The van der Waals surface area contributed by atoms with Gasteiger partial charge in [0.25, 0.3) is 11.8 Å². The summed E-state index contributed by atoms with van der Waals surface area (Å²) in [7, 11) is 0. The van der Waals surface area contributed by atoms with Crippen molar-refractivity contribution in [1.29, 1.82) is 0 Å². The minimum absolute atomic E-state index is 0.278. The lowest BCUT2D eigenvalue weighted by molar-refractivity contribution is -0.149. The lowest BCUT2D eigenvalue weighted by atomic mass is 10.1. The van der Waals surface area contributed by atoms with Gasteiger partial charge in [-0.3, -0.25) is 9.59 Å². The van der Waals surface area contributed by atoms with Crippen LogP contribution in [0.1, 0.15) is 16.8 Å². The van der Waals surface area contributed by atoms with Crippen LogP contribution in [-0.2, 0) is 14.3 Å². The van der Waals surface area contributed by atoms with Gasteiger partial charge >= 0.3 is 5.97 Å². The van der Waals surface area contributed by atoms with Crippen LogP contribution in [0.25, 0.3) is 0 Å². The van der Waals surface area contributed by atoms with Crippen molar-refractivity contribution < 1.29 is 27.9 Å². The molecular formula is C20H19BrF2N2O4S. The molecule has 0 heterocycles. The number of carbonyl (C=O) groups excluding carboxylic acids is 3. The van der Waals surface area contributed by atoms with Gasteiger partial charge in [-0.05, 0) is 58.6 Å². The van der Waals surface area contributed by atoms with Crippen LogP contribution >= 0.6 is 27.7 Å². The van der Waals surface area contributed by atoms with E-state index in [0.717, 1.165) is 18.2 Å². The fourth-order valence-corrected chi connectivity index (χ4v) is 3.33. The Labute approximate surface area is 184 Å². The maximum absolute atomic E-state index is 13.6. The second kappa shape index (κ2) is 11.7. The number of thioether (sulfide) groups is 1. The number of ether oxygens (including phenoxy) is 1. The van der Waals surface area contributed by atoms with E-state index >= 15 is 0 Å². The molecule has 160 valence electrons. The summed E-state index contributed by atoms with van der Waals surface area (Å²) in [5.41, 5.74) is -0.285. The summed E-state index contributed by atoms with van der Waals surface area (Å²) in [6, 6.07) is 8.85. The molecule has 0 unspecified atom stereocenters. The zero-order valence-electron chi connectivity index (χ0n) is 15.9. The fraction of sp³-hybridized carbons (Fsp3) is 0.250. The van der Waals surface area contributed by atoms with E-state index < -0.39 is 47.8 Å². The van der Waals surface area contributed by atoms with Gasteiger partial charge in [-0.2, -0.15) is 11.8 Å². The molecule has 2 aromatic carbocycles. The minimum atomic E-state index is -0.991. The Morgan fingerprint density at radius 1 is 1.10 bits per heavy atom. The molecule has 6 nitrogen and oxygen atoms in total.